The Hall–Kier alpha value is -2.80. The maximum atomic E-state index is 11.3. The van der Waals surface area contributed by atoms with Crippen LogP contribution in [-0.4, -0.2) is 43.3 Å². The first kappa shape index (κ1) is 17.3. The molecule has 1 rings (SSSR count). The molecule has 4 N–H and O–H groups in total. The molecule has 0 unspecified atom stereocenters. The molecular weight excluding hydrogens is 284 g/mol. The van der Waals surface area contributed by atoms with Crippen LogP contribution in [0, 0.1) is 23.7 Å². The lowest BCUT2D eigenvalue weighted by Crippen LogP contribution is -2.28. The van der Waals surface area contributed by atoms with Gasteiger partial charge in [0.05, 0.1) is 13.1 Å². The van der Waals surface area contributed by atoms with Gasteiger partial charge in [0.25, 0.3) is 0 Å². The molecule has 0 aromatic heterocycles. The van der Waals surface area contributed by atoms with E-state index in [1.54, 1.807) is 0 Å². The van der Waals surface area contributed by atoms with Crippen molar-refractivity contribution < 1.29 is 19.4 Å². The summed E-state index contributed by atoms with van der Waals surface area (Å²) >= 11 is 0. The molecule has 22 heavy (non-hydrogen) atoms. The summed E-state index contributed by atoms with van der Waals surface area (Å²) < 4.78 is 4.64. The van der Waals surface area contributed by atoms with Crippen molar-refractivity contribution in [2.75, 3.05) is 26.3 Å². The lowest BCUT2D eigenvalue weighted by molar-refractivity contribution is -0.143. The molecular formula is C16H16N2O4. The van der Waals surface area contributed by atoms with Gasteiger partial charge in [-0.25, -0.2) is 4.79 Å². The fraction of sp³-hybridized carbons (Fsp3) is 0.250. The zero-order valence-electron chi connectivity index (χ0n) is 11.9. The van der Waals surface area contributed by atoms with Crippen molar-refractivity contribution in [1.82, 2.24) is 5.32 Å². The van der Waals surface area contributed by atoms with Gasteiger partial charge >= 0.3 is 5.97 Å². The van der Waals surface area contributed by atoms with Crippen LogP contribution in [0.4, 0.5) is 0 Å². The van der Waals surface area contributed by atoms with Crippen molar-refractivity contribution in [2.45, 2.75) is 0 Å². The Morgan fingerprint density at radius 1 is 1.18 bits per heavy atom. The first-order chi connectivity index (χ1) is 10.6. The van der Waals surface area contributed by atoms with Crippen molar-refractivity contribution in [3.63, 3.8) is 0 Å². The number of nitrogens with two attached hydrogens (primary N) is 1. The fourth-order valence-electron chi connectivity index (χ4n) is 1.40. The molecule has 6 nitrogen and oxygen atoms in total. The van der Waals surface area contributed by atoms with E-state index in [4.69, 9.17) is 10.8 Å². The van der Waals surface area contributed by atoms with Gasteiger partial charge < -0.3 is 20.9 Å². The van der Waals surface area contributed by atoms with Gasteiger partial charge in [0.15, 0.2) is 0 Å². The highest BCUT2D eigenvalue weighted by Gasteiger charge is 2.01. The number of rotatable bonds is 5. The second-order valence-electron chi connectivity index (χ2n) is 4.05. The van der Waals surface area contributed by atoms with Crippen LogP contribution < -0.4 is 11.1 Å². The minimum absolute atomic E-state index is 0.147. The second kappa shape index (κ2) is 10.0. The molecule has 0 atom stereocenters. The van der Waals surface area contributed by atoms with E-state index in [0.29, 0.717) is 6.54 Å². The summed E-state index contributed by atoms with van der Waals surface area (Å²) in [5.41, 5.74) is 6.91. The number of carbonyl (C=O) groups excluding carboxylic acids is 1. The van der Waals surface area contributed by atoms with Gasteiger partial charge in [-0.15, -0.1) is 0 Å². The summed E-state index contributed by atoms with van der Waals surface area (Å²) in [4.78, 5) is 21.5. The van der Waals surface area contributed by atoms with E-state index in [9.17, 15) is 9.59 Å². The molecule has 0 saturated carbocycles. The Morgan fingerprint density at radius 3 is 2.50 bits per heavy atom. The first-order valence-corrected chi connectivity index (χ1v) is 6.46. The Bertz CT molecular complexity index is 647. The maximum Gasteiger partial charge on any atom is 0.329 e. The number of hydrogen-bond donors (Lipinski definition) is 3. The highest BCUT2D eigenvalue weighted by molar-refractivity contribution is 5.78. The highest BCUT2D eigenvalue weighted by Crippen LogP contribution is 2.02. The normalized spacial score (nSPS) is 8.95. The zero-order chi connectivity index (χ0) is 16.2. The smallest absolute Gasteiger partial charge is 0.329 e. The van der Waals surface area contributed by atoms with Gasteiger partial charge in [0.2, 0.25) is 5.91 Å². The number of carboxylic acid groups (broad SMARTS) is 1. The lowest BCUT2D eigenvalue weighted by Gasteiger charge is -2.00. The van der Waals surface area contributed by atoms with Gasteiger partial charge in [-0.2, -0.15) is 0 Å². The molecule has 0 aliphatic heterocycles. The number of nitrogens with one attached hydrogen (secondary N) is 1. The molecule has 0 radical (unpaired) electrons. The average Bonchev–Trinajstić information content (AvgIpc) is 2.49. The predicted molar refractivity (Wildman–Crippen MR) is 80.7 cm³/mol. The third-order valence-corrected chi connectivity index (χ3v) is 2.26. The summed E-state index contributed by atoms with van der Waals surface area (Å²) in [5, 5.41) is 10.8. The van der Waals surface area contributed by atoms with Crippen molar-refractivity contribution in [2.24, 2.45) is 5.73 Å². The molecule has 0 heterocycles. The van der Waals surface area contributed by atoms with Gasteiger partial charge in [0, 0.05) is 11.1 Å². The monoisotopic (exact) mass is 300 g/mol. The third-order valence-electron chi connectivity index (χ3n) is 2.26. The molecule has 1 aromatic carbocycles. The van der Waals surface area contributed by atoms with E-state index in [1.807, 2.05) is 24.3 Å². The molecule has 0 fully saturated rings. The topological polar surface area (TPSA) is 102 Å². The predicted octanol–water partition coefficient (Wildman–Crippen LogP) is -0.434. The Morgan fingerprint density at radius 2 is 1.86 bits per heavy atom. The maximum absolute atomic E-state index is 11.3. The fourth-order valence-corrected chi connectivity index (χ4v) is 1.40. The van der Waals surface area contributed by atoms with Crippen LogP contribution in [0.1, 0.15) is 11.1 Å². The van der Waals surface area contributed by atoms with Crippen LogP contribution in [0.25, 0.3) is 0 Å². The highest BCUT2D eigenvalue weighted by atomic mass is 16.5. The number of hydrogen-bond acceptors (Lipinski definition) is 4. The number of benzene rings is 1. The molecule has 0 bridgehead atoms. The Labute approximate surface area is 128 Å². The Balaban J connectivity index is 2.41. The van der Waals surface area contributed by atoms with E-state index in [0.717, 1.165) is 11.1 Å². The van der Waals surface area contributed by atoms with Gasteiger partial charge in [0.1, 0.15) is 13.2 Å². The number of amides is 1. The van der Waals surface area contributed by atoms with E-state index in [-0.39, 0.29) is 13.2 Å². The summed E-state index contributed by atoms with van der Waals surface area (Å²) in [5.74, 6) is 9.81. The summed E-state index contributed by atoms with van der Waals surface area (Å²) in [6.07, 6.45) is 0. The van der Waals surface area contributed by atoms with E-state index in [2.05, 4.69) is 33.7 Å². The van der Waals surface area contributed by atoms with Gasteiger partial charge in [-0.3, -0.25) is 4.79 Å². The number of carbonyl (C=O) groups is 2. The summed E-state index contributed by atoms with van der Waals surface area (Å²) in [6, 6.07) is 7.35. The van der Waals surface area contributed by atoms with Crippen molar-refractivity contribution in [3.05, 3.63) is 35.4 Å². The van der Waals surface area contributed by atoms with Crippen LogP contribution in [-0.2, 0) is 14.3 Å². The van der Waals surface area contributed by atoms with Crippen LogP contribution >= 0.6 is 0 Å². The van der Waals surface area contributed by atoms with Crippen molar-refractivity contribution >= 4 is 11.9 Å². The molecule has 1 amide bonds. The first-order valence-electron chi connectivity index (χ1n) is 6.46. The van der Waals surface area contributed by atoms with Crippen molar-refractivity contribution in [3.8, 4) is 23.7 Å². The lowest BCUT2D eigenvalue weighted by atomic mass is 10.1. The average molecular weight is 300 g/mol. The Kier molecular flexibility index (Phi) is 7.84. The molecule has 0 spiro atoms. The van der Waals surface area contributed by atoms with Gasteiger partial charge in [-0.05, 0) is 18.2 Å². The van der Waals surface area contributed by atoms with Crippen LogP contribution in [0.5, 0.6) is 0 Å². The van der Waals surface area contributed by atoms with Crippen LogP contribution in [0.2, 0.25) is 0 Å². The van der Waals surface area contributed by atoms with E-state index in [1.165, 1.54) is 0 Å². The standard InChI is InChI=1S/C16H16N2O4/c17-8-2-6-13-4-1-5-14(10-13)7-3-9-18-15(19)11-22-12-16(20)21/h1,4-5,10H,8-9,11-12,17H2,(H,18,19)(H,20,21). The van der Waals surface area contributed by atoms with Gasteiger partial charge in [-0.1, -0.05) is 29.7 Å². The molecule has 6 heteroatoms. The number of carboxylic acids is 1. The summed E-state index contributed by atoms with van der Waals surface area (Å²) in [7, 11) is 0. The minimum Gasteiger partial charge on any atom is -0.480 e. The molecule has 0 saturated heterocycles. The quantitative estimate of drug-likeness (QED) is 0.640. The molecule has 114 valence electrons. The largest absolute Gasteiger partial charge is 0.480 e. The summed E-state index contributed by atoms with van der Waals surface area (Å²) in [6.45, 7) is -0.367. The molecule has 0 aliphatic rings. The van der Waals surface area contributed by atoms with Crippen molar-refractivity contribution in [1.29, 1.82) is 0 Å². The number of ether oxygens (including phenoxy) is 1. The second-order valence-corrected chi connectivity index (χ2v) is 4.05. The van der Waals surface area contributed by atoms with Crippen LogP contribution in [0.3, 0.4) is 0 Å². The van der Waals surface area contributed by atoms with Crippen LogP contribution in [0.15, 0.2) is 24.3 Å². The third kappa shape index (κ3) is 7.71. The number of aliphatic carboxylic acids is 1. The van der Waals surface area contributed by atoms with E-state index < -0.39 is 18.5 Å². The zero-order valence-corrected chi connectivity index (χ0v) is 11.9. The molecule has 0 aliphatic carbocycles. The van der Waals surface area contributed by atoms with E-state index >= 15 is 0 Å². The molecule has 1 aromatic rings. The SMILES string of the molecule is NCC#Cc1cccc(C#CCNC(=O)COCC(=O)O)c1. The minimum atomic E-state index is -1.12.